The molecule has 2 aromatic rings. The summed E-state index contributed by atoms with van der Waals surface area (Å²) in [6, 6.07) is 5.34. The molecule has 0 spiro atoms. The number of amides is 2. The Bertz CT molecular complexity index is 1300. The van der Waals surface area contributed by atoms with Gasteiger partial charge in [0.05, 0.1) is 37.7 Å². The molecule has 2 aromatic heterocycles. The van der Waals surface area contributed by atoms with Gasteiger partial charge in [0.25, 0.3) is 11.8 Å². The van der Waals surface area contributed by atoms with E-state index in [1.165, 1.54) is 26.4 Å². The summed E-state index contributed by atoms with van der Waals surface area (Å²) in [6.07, 6.45) is 0. The lowest BCUT2D eigenvalue weighted by molar-refractivity contribution is -0.143. The molecule has 0 saturated carbocycles. The van der Waals surface area contributed by atoms with E-state index in [0.29, 0.717) is 0 Å². The van der Waals surface area contributed by atoms with Crippen LogP contribution in [0.3, 0.4) is 0 Å². The molecule has 0 saturated heterocycles. The van der Waals surface area contributed by atoms with Gasteiger partial charge in [-0.1, -0.05) is 33.7 Å². The molecule has 0 fully saturated rings. The summed E-state index contributed by atoms with van der Waals surface area (Å²) in [5.74, 6) is -2.49. The lowest BCUT2D eigenvalue weighted by Crippen LogP contribution is -2.43. The summed E-state index contributed by atoms with van der Waals surface area (Å²) < 4.78 is 9.56. The van der Waals surface area contributed by atoms with Gasteiger partial charge >= 0.3 is 11.9 Å². The van der Waals surface area contributed by atoms with E-state index >= 15 is 0 Å². The Balaban J connectivity index is 2.14. The maximum Gasteiger partial charge on any atom is 0.329 e. The smallest absolute Gasteiger partial charge is 0.329 e. The predicted molar refractivity (Wildman–Crippen MR) is 188 cm³/mol. The van der Waals surface area contributed by atoms with Gasteiger partial charge < -0.3 is 31.6 Å². The van der Waals surface area contributed by atoms with Gasteiger partial charge in [0.15, 0.2) is 0 Å². The minimum Gasteiger partial charge on any atom is -0.467 e. The number of nitrogens with one attached hydrogen (secondary N) is 2. The van der Waals surface area contributed by atoms with Gasteiger partial charge in [-0.05, 0) is 45.9 Å². The molecule has 0 bridgehead atoms. The van der Waals surface area contributed by atoms with Crippen LogP contribution < -0.4 is 22.1 Å². The van der Waals surface area contributed by atoms with Crippen molar-refractivity contribution in [1.29, 1.82) is 0 Å². The monoisotopic (exact) mass is 748 g/mol. The zero-order chi connectivity index (χ0) is 34.2. The Morgan fingerprint density at radius 3 is 1.41 bits per heavy atom. The van der Waals surface area contributed by atoms with E-state index in [9.17, 15) is 28.8 Å². The number of nitrogens with two attached hydrogens (primary N) is 2. The molecular formula is C26H32N6O8S6. The van der Waals surface area contributed by atoms with E-state index in [-0.39, 0.29) is 56.0 Å². The third-order valence-corrected chi connectivity index (χ3v) is 11.0. The number of nitrogens with zero attached hydrogens (tertiary/aromatic N) is 2. The molecule has 2 heterocycles. The quantitative estimate of drug-likeness (QED) is 0.0755. The van der Waals surface area contributed by atoms with Crippen LogP contribution in [0.1, 0.15) is 21.0 Å². The van der Waals surface area contributed by atoms with Crippen molar-refractivity contribution in [3.05, 3.63) is 47.8 Å². The number of hydrogen-bond acceptors (Lipinski definition) is 18. The second-order valence-electron chi connectivity index (χ2n) is 8.87. The Kier molecular flexibility index (Phi) is 17.9. The van der Waals surface area contributed by atoms with Crippen LogP contribution in [0.25, 0.3) is 11.4 Å². The van der Waals surface area contributed by atoms with Crippen molar-refractivity contribution in [2.75, 3.05) is 37.2 Å². The summed E-state index contributed by atoms with van der Waals surface area (Å²) in [7, 11) is 6.08. The van der Waals surface area contributed by atoms with E-state index in [4.69, 9.17) is 20.9 Å². The lowest BCUT2D eigenvalue weighted by Gasteiger charge is -2.16. The minimum atomic E-state index is -1.09. The largest absolute Gasteiger partial charge is 0.467 e. The summed E-state index contributed by atoms with van der Waals surface area (Å²) >= 11 is 7.97. The second kappa shape index (κ2) is 20.7. The van der Waals surface area contributed by atoms with E-state index < -0.39 is 47.9 Å². The molecule has 2 unspecified atom stereocenters. The van der Waals surface area contributed by atoms with E-state index in [1.54, 1.807) is 24.3 Å². The molecule has 2 amide bonds. The standard InChI is InChI=1S/C26H32N6O8S6/c1-39-23(35)19(11-43-45-25(37)13(27)9-41)31-21(33)17-7-3-5-15(29-17)16-6-4-8-18(30-16)22(34)32-20(24(36)40-2)12-44-46-26(38)14(28)10-42/h3-8,13-14,19-20,41-42H,9-12,27-28H2,1-2H3,(H,31,33)(H,32,34)/t13-,14-,19?,20?/m0/s1. The molecule has 14 nitrogen and oxygen atoms in total. The van der Waals surface area contributed by atoms with Crippen molar-refractivity contribution >= 4 is 102 Å². The Morgan fingerprint density at radius 2 is 1.09 bits per heavy atom. The first kappa shape index (κ1) is 39.7. The zero-order valence-corrected chi connectivity index (χ0v) is 29.5. The molecule has 250 valence electrons. The number of aromatic nitrogens is 2. The van der Waals surface area contributed by atoms with Crippen molar-refractivity contribution in [2.24, 2.45) is 11.5 Å². The van der Waals surface area contributed by atoms with Gasteiger partial charge in [0.1, 0.15) is 23.5 Å². The second-order valence-corrected chi connectivity index (χ2v) is 14.3. The van der Waals surface area contributed by atoms with E-state index in [0.717, 1.165) is 43.2 Å². The first-order chi connectivity index (χ1) is 21.9. The van der Waals surface area contributed by atoms with Crippen LogP contribution in [0.4, 0.5) is 0 Å². The van der Waals surface area contributed by atoms with Crippen LogP contribution >= 0.6 is 68.4 Å². The molecule has 0 aromatic carbocycles. The molecule has 20 heteroatoms. The van der Waals surface area contributed by atoms with Crippen molar-refractivity contribution in [2.45, 2.75) is 24.2 Å². The van der Waals surface area contributed by atoms with Gasteiger partial charge in [-0.25, -0.2) is 19.6 Å². The van der Waals surface area contributed by atoms with Gasteiger partial charge in [0, 0.05) is 23.0 Å². The van der Waals surface area contributed by atoms with Gasteiger partial charge in [-0.2, -0.15) is 25.3 Å². The summed E-state index contributed by atoms with van der Waals surface area (Å²) in [6.45, 7) is 0. The Labute approximate surface area is 291 Å². The van der Waals surface area contributed by atoms with Crippen LogP contribution in [0.5, 0.6) is 0 Å². The normalized spacial score (nSPS) is 13.4. The van der Waals surface area contributed by atoms with Crippen LogP contribution in [0.15, 0.2) is 36.4 Å². The number of esters is 2. The molecule has 46 heavy (non-hydrogen) atoms. The summed E-state index contributed by atoms with van der Waals surface area (Å²) in [5.41, 5.74) is 11.7. The Hall–Kier alpha value is -2.46. The fourth-order valence-corrected chi connectivity index (χ4v) is 7.82. The fourth-order valence-electron chi connectivity index (χ4n) is 3.09. The molecule has 2 rings (SSSR count). The number of ether oxygens (including phenoxy) is 2. The zero-order valence-electron chi connectivity index (χ0n) is 24.4. The molecule has 0 aliphatic rings. The van der Waals surface area contributed by atoms with Crippen LogP contribution in [0.2, 0.25) is 0 Å². The van der Waals surface area contributed by atoms with Crippen LogP contribution in [-0.4, -0.2) is 105 Å². The highest BCUT2D eigenvalue weighted by Gasteiger charge is 2.26. The Morgan fingerprint density at radius 1 is 0.717 bits per heavy atom. The van der Waals surface area contributed by atoms with E-state index in [1.807, 2.05) is 0 Å². The summed E-state index contributed by atoms with van der Waals surface area (Å²) in [5, 5.41) is 4.44. The molecule has 0 aliphatic carbocycles. The van der Waals surface area contributed by atoms with E-state index in [2.05, 4.69) is 45.9 Å². The number of carbonyl (C=O) groups excluding carboxylic acids is 6. The van der Waals surface area contributed by atoms with Crippen molar-refractivity contribution in [3.8, 4) is 11.4 Å². The average Bonchev–Trinajstić information content (AvgIpc) is 3.08. The SMILES string of the molecule is COC(=O)C(CSSC(=O)[C@@H](N)CS)NC(=O)c1cccc(-c2cccc(C(=O)NC(CSSC(=O)[C@@H](N)CS)C(=O)OC)n2)n1. The summed E-state index contributed by atoms with van der Waals surface area (Å²) in [4.78, 5) is 83.2. The topological polar surface area (TPSA) is 223 Å². The lowest BCUT2D eigenvalue weighted by atomic mass is 10.2. The predicted octanol–water partition coefficient (Wildman–Crippen LogP) is 1.02. The van der Waals surface area contributed by atoms with Crippen LogP contribution in [0, 0.1) is 0 Å². The van der Waals surface area contributed by atoms with Gasteiger partial charge in [-0.15, -0.1) is 0 Å². The maximum absolute atomic E-state index is 13.0. The maximum atomic E-state index is 13.0. The number of pyridine rings is 2. The average molecular weight is 749 g/mol. The fraction of sp³-hybridized carbons (Fsp3) is 0.385. The van der Waals surface area contributed by atoms with Crippen LogP contribution in [-0.2, 0) is 28.7 Å². The molecule has 0 radical (unpaired) electrons. The third kappa shape index (κ3) is 12.6. The van der Waals surface area contributed by atoms with Crippen molar-refractivity contribution < 1.29 is 38.2 Å². The highest BCUT2D eigenvalue weighted by molar-refractivity contribution is 8.82. The highest BCUT2D eigenvalue weighted by Crippen LogP contribution is 2.26. The first-order valence-corrected chi connectivity index (χ1v) is 19.0. The highest BCUT2D eigenvalue weighted by atomic mass is 33.1. The molecule has 0 aliphatic heterocycles. The molecule has 4 atom stereocenters. The number of hydrogen-bond donors (Lipinski definition) is 6. The third-order valence-electron chi connectivity index (χ3n) is 5.56. The van der Waals surface area contributed by atoms with Crippen molar-refractivity contribution in [3.63, 3.8) is 0 Å². The minimum absolute atomic E-state index is 0.00970. The van der Waals surface area contributed by atoms with Gasteiger partial charge in [0.2, 0.25) is 10.2 Å². The number of thiol groups is 2. The first-order valence-electron chi connectivity index (χ1n) is 13.1. The van der Waals surface area contributed by atoms with Gasteiger partial charge in [-0.3, -0.25) is 19.2 Å². The molecular weight excluding hydrogens is 717 g/mol. The number of rotatable bonds is 17. The number of carbonyl (C=O) groups is 6. The van der Waals surface area contributed by atoms with Crippen molar-refractivity contribution in [1.82, 2.24) is 20.6 Å². The number of methoxy groups -OCH3 is 2. The molecule has 6 N–H and O–H groups in total.